The summed E-state index contributed by atoms with van der Waals surface area (Å²) in [6, 6.07) is 10.4. The Hall–Kier alpha value is -1.30. The molecule has 86 valence electrons. The van der Waals surface area contributed by atoms with Gasteiger partial charge in [0.1, 0.15) is 18.7 Å². The Balaban J connectivity index is 2.42. The van der Waals surface area contributed by atoms with Crippen LogP contribution >= 0.6 is 0 Å². The van der Waals surface area contributed by atoms with E-state index in [1.54, 1.807) is 13.8 Å². The molecule has 2 N–H and O–H groups in total. The van der Waals surface area contributed by atoms with Gasteiger partial charge in [-0.25, -0.2) is 0 Å². The van der Waals surface area contributed by atoms with Crippen LogP contribution in [0.4, 0.5) is 0 Å². The summed E-state index contributed by atoms with van der Waals surface area (Å²) < 4.78 is 0. The van der Waals surface area contributed by atoms with Crippen molar-refractivity contribution in [2.45, 2.75) is 26.0 Å². The predicted octanol–water partition coefficient (Wildman–Crippen LogP) is 0.476. The van der Waals surface area contributed by atoms with Gasteiger partial charge in [-0.1, -0.05) is 36.3 Å². The molecule has 1 unspecified atom stereocenters. The molecule has 1 aromatic rings. The molecule has 0 aliphatic carbocycles. The van der Waals surface area contributed by atoms with E-state index in [-0.39, 0.29) is 0 Å². The first-order chi connectivity index (χ1) is 7.47. The molecule has 0 fully saturated rings. The standard InChI is InChI=1S/C14H19NO/c1-14(2,16)10-7-11-15(3)12-13-8-5-4-6-9-13/h4-6,8-9,16H,11-12H2,1-3H3/p+1. The van der Waals surface area contributed by atoms with Gasteiger partial charge in [-0.15, -0.1) is 0 Å². The van der Waals surface area contributed by atoms with Gasteiger partial charge in [0, 0.05) is 5.56 Å². The number of quaternary nitrogens is 1. The van der Waals surface area contributed by atoms with Crippen LogP contribution in [0.5, 0.6) is 0 Å². The van der Waals surface area contributed by atoms with E-state index in [9.17, 15) is 5.11 Å². The first-order valence-corrected chi connectivity index (χ1v) is 5.55. The molecule has 1 rings (SSSR count). The van der Waals surface area contributed by atoms with Gasteiger partial charge in [-0.3, -0.25) is 0 Å². The summed E-state index contributed by atoms with van der Waals surface area (Å²) in [4.78, 5) is 1.32. The van der Waals surface area contributed by atoms with Gasteiger partial charge >= 0.3 is 0 Å². The molecule has 0 radical (unpaired) electrons. The quantitative estimate of drug-likeness (QED) is 0.709. The SMILES string of the molecule is C[NH+](CC#CC(C)(C)O)Cc1ccccc1. The van der Waals surface area contributed by atoms with Crippen molar-refractivity contribution in [2.75, 3.05) is 13.6 Å². The summed E-state index contributed by atoms with van der Waals surface area (Å²) in [6.45, 7) is 5.11. The van der Waals surface area contributed by atoms with Crippen LogP contribution in [0.2, 0.25) is 0 Å². The van der Waals surface area contributed by atoms with Gasteiger partial charge in [0.2, 0.25) is 0 Å². The highest BCUT2D eigenvalue weighted by molar-refractivity contribution is 5.13. The number of rotatable bonds is 3. The Bertz CT molecular complexity index is 367. The van der Waals surface area contributed by atoms with Crippen molar-refractivity contribution in [2.24, 2.45) is 0 Å². The number of hydrogen-bond acceptors (Lipinski definition) is 1. The maximum Gasteiger partial charge on any atom is 0.139 e. The molecule has 0 saturated heterocycles. The number of hydrogen-bond donors (Lipinski definition) is 2. The van der Waals surface area contributed by atoms with Crippen LogP contribution in [0.15, 0.2) is 30.3 Å². The van der Waals surface area contributed by atoms with Crippen molar-refractivity contribution in [1.82, 2.24) is 0 Å². The monoisotopic (exact) mass is 218 g/mol. The molecular formula is C14H20NO+. The van der Waals surface area contributed by atoms with Crippen LogP contribution in [0.25, 0.3) is 0 Å². The van der Waals surface area contributed by atoms with Crippen molar-refractivity contribution in [3.63, 3.8) is 0 Å². The Morgan fingerprint density at radius 1 is 1.25 bits per heavy atom. The number of aliphatic hydroxyl groups is 1. The van der Waals surface area contributed by atoms with Crippen LogP contribution in [0.1, 0.15) is 19.4 Å². The Kier molecular flexibility index (Phi) is 4.54. The van der Waals surface area contributed by atoms with Crippen LogP contribution in [-0.4, -0.2) is 24.3 Å². The lowest BCUT2D eigenvalue weighted by Gasteiger charge is -2.11. The molecule has 0 aliphatic rings. The van der Waals surface area contributed by atoms with Crippen LogP contribution in [0.3, 0.4) is 0 Å². The van der Waals surface area contributed by atoms with Gasteiger partial charge in [-0.2, -0.15) is 0 Å². The molecule has 16 heavy (non-hydrogen) atoms. The van der Waals surface area contributed by atoms with E-state index in [1.807, 2.05) is 18.2 Å². The lowest BCUT2D eigenvalue weighted by molar-refractivity contribution is -0.886. The normalized spacial score (nSPS) is 12.8. The molecule has 0 aliphatic heterocycles. The second-order valence-electron chi connectivity index (χ2n) is 4.66. The Morgan fingerprint density at radius 2 is 1.88 bits per heavy atom. The van der Waals surface area contributed by atoms with Gasteiger partial charge in [0.15, 0.2) is 0 Å². The van der Waals surface area contributed by atoms with Gasteiger partial charge < -0.3 is 10.0 Å². The second kappa shape index (κ2) is 5.69. The second-order valence-corrected chi connectivity index (χ2v) is 4.66. The first kappa shape index (κ1) is 12.8. The predicted molar refractivity (Wildman–Crippen MR) is 66.0 cm³/mol. The van der Waals surface area contributed by atoms with E-state index >= 15 is 0 Å². The van der Waals surface area contributed by atoms with Crippen molar-refractivity contribution in [1.29, 1.82) is 0 Å². The number of nitrogens with one attached hydrogen (secondary N) is 1. The number of benzene rings is 1. The fourth-order valence-corrected chi connectivity index (χ4v) is 1.42. The van der Waals surface area contributed by atoms with Crippen molar-refractivity contribution < 1.29 is 10.0 Å². The third-order valence-corrected chi connectivity index (χ3v) is 2.13. The summed E-state index contributed by atoms with van der Waals surface area (Å²) in [7, 11) is 2.10. The minimum Gasteiger partial charge on any atom is -0.378 e. The molecule has 2 nitrogen and oxygen atoms in total. The molecule has 0 spiro atoms. The lowest BCUT2D eigenvalue weighted by atomic mass is 10.1. The molecule has 0 amide bonds. The van der Waals surface area contributed by atoms with Crippen LogP contribution in [-0.2, 0) is 6.54 Å². The average Bonchev–Trinajstić information content (AvgIpc) is 2.17. The lowest BCUT2D eigenvalue weighted by Crippen LogP contribution is -3.07. The molecule has 0 saturated carbocycles. The Labute approximate surface area is 97.9 Å². The summed E-state index contributed by atoms with van der Waals surface area (Å²) in [5, 5.41) is 9.44. The van der Waals surface area contributed by atoms with Crippen LogP contribution < -0.4 is 4.90 Å². The van der Waals surface area contributed by atoms with Crippen LogP contribution in [0, 0.1) is 11.8 Å². The fourth-order valence-electron chi connectivity index (χ4n) is 1.42. The van der Waals surface area contributed by atoms with E-state index in [0.717, 1.165) is 13.1 Å². The first-order valence-electron chi connectivity index (χ1n) is 5.55. The summed E-state index contributed by atoms with van der Waals surface area (Å²) in [5.41, 5.74) is 0.428. The molecule has 1 aromatic carbocycles. The van der Waals surface area contributed by atoms with E-state index in [0.29, 0.717) is 0 Å². The molecule has 2 heteroatoms. The van der Waals surface area contributed by atoms with E-state index in [1.165, 1.54) is 10.5 Å². The third kappa shape index (κ3) is 5.55. The highest BCUT2D eigenvalue weighted by atomic mass is 16.3. The Morgan fingerprint density at radius 3 is 2.44 bits per heavy atom. The average molecular weight is 218 g/mol. The minimum absolute atomic E-state index is 0.749. The van der Waals surface area contributed by atoms with E-state index in [2.05, 4.69) is 31.0 Å². The zero-order valence-electron chi connectivity index (χ0n) is 10.2. The zero-order valence-corrected chi connectivity index (χ0v) is 10.2. The molecular weight excluding hydrogens is 198 g/mol. The highest BCUT2D eigenvalue weighted by Gasteiger charge is 2.06. The largest absolute Gasteiger partial charge is 0.378 e. The van der Waals surface area contributed by atoms with Gasteiger partial charge in [0.25, 0.3) is 0 Å². The smallest absolute Gasteiger partial charge is 0.139 e. The van der Waals surface area contributed by atoms with E-state index < -0.39 is 5.60 Å². The summed E-state index contributed by atoms with van der Waals surface area (Å²) in [5.74, 6) is 5.83. The fraction of sp³-hybridized carbons (Fsp3) is 0.429. The van der Waals surface area contributed by atoms with Gasteiger partial charge in [0.05, 0.1) is 7.05 Å². The maximum absolute atomic E-state index is 9.44. The molecule has 0 bridgehead atoms. The van der Waals surface area contributed by atoms with Gasteiger partial charge in [-0.05, 0) is 19.8 Å². The molecule has 0 aromatic heterocycles. The molecule has 1 atom stereocenters. The van der Waals surface area contributed by atoms with Crippen molar-refractivity contribution in [3.05, 3.63) is 35.9 Å². The zero-order chi connectivity index (χ0) is 12.0. The summed E-state index contributed by atoms with van der Waals surface area (Å²) >= 11 is 0. The highest BCUT2D eigenvalue weighted by Crippen LogP contribution is 1.96. The third-order valence-electron chi connectivity index (χ3n) is 2.13. The molecule has 0 heterocycles. The topological polar surface area (TPSA) is 24.7 Å². The maximum atomic E-state index is 9.44. The summed E-state index contributed by atoms with van der Waals surface area (Å²) in [6.07, 6.45) is 0. The minimum atomic E-state index is -0.882. The van der Waals surface area contributed by atoms with Crippen molar-refractivity contribution in [3.8, 4) is 11.8 Å². The van der Waals surface area contributed by atoms with Crippen molar-refractivity contribution >= 4 is 0 Å². The van der Waals surface area contributed by atoms with E-state index in [4.69, 9.17) is 0 Å².